The molecule has 0 atom stereocenters. The number of nitrogens with zero attached hydrogens (tertiary/aromatic N) is 3. The summed E-state index contributed by atoms with van der Waals surface area (Å²) in [5, 5.41) is 9.71. The van der Waals surface area contributed by atoms with Crippen molar-refractivity contribution < 1.29 is 4.79 Å². The van der Waals surface area contributed by atoms with Crippen LogP contribution in [0.15, 0.2) is 34.3 Å². The Balaban J connectivity index is 2.38. The Morgan fingerprint density at radius 3 is 2.47 bits per heavy atom. The maximum absolute atomic E-state index is 10.7. The predicted molar refractivity (Wildman–Crippen MR) is 72.2 cm³/mol. The van der Waals surface area contributed by atoms with Crippen molar-refractivity contribution in [3.63, 3.8) is 0 Å². The molecule has 4 nitrogen and oxygen atoms in total. The van der Waals surface area contributed by atoms with Crippen LogP contribution in [0.25, 0.3) is 0 Å². The van der Waals surface area contributed by atoms with Crippen molar-refractivity contribution in [2.45, 2.75) is 23.9 Å². The van der Waals surface area contributed by atoms with E-state index in [1.807, 2.05) is 19.9 Å². The molecule has 0 aliphatic heterocycles. The van der Waals surface area contributed by atoms with Crippen molar-refractivity contribution in [1.82, 2.24) is 9.97 Å². The lowest BCUT2D eigenvalue weighted by molar-refractivity contribution is 0.112. The molecule has 0 aliphatic carbocycles. The molecule has 19 heavy (non-hydrogen) atoms. The van der Waals surface area contributed by atoms with Crippen molar-refractivity contribution in [3.8, 4) is 6.07 Å². The standard InChI is InChI=1S/C14H11N3OS/c1-9-5-10(2)17-14(16-9)19-13-4-3-11(8-18)6-12(13)7-15/h3-6,8H,1-2H3. The van der Waals surface area contributed by atoms with E-state index in [4.69, 9.17) is 5.26 Å². The molecule has 2 aromatic rings. The summed E-state index contributed by atoms with van der Waals surface area (Å²) in [6, 6.07) is 8.97. The molecule has 0 aliphatic rings. The van der Waals surface area contributed by atoms with E-state index in [2.05, 4.69) is 16.0 Å². The molecule has 0 bridgehead atoms. The minimum absolute atomic E-state index is 0.456. The molecule has 0 N–H and O–H groups in total. The van der Waals surface area contributed by atoms with Gasteiger partial charge in [0.05, 0.1) is 5.56 Å². The molecule has 0 saturated heterocycles. The molecular formula is C14H11N3OS. The van der Waals surface area contributed by atoms with Gasteiger partial charge in [0.2, 0.25) is 0 Å². The molecule has 0 radical (unpaired) electrons. The third-order valence-electron chi connectivity index (χ3n) is 2.42. The van der Waals surface area contributed by atoms with Crippen LogP contribution < -0.4 is 0 Å². The topological polar surface area (TPSA) is 66.6 Å². The second kappa shape index (κ2) is 5.63. The number of aromatic nitrogens is 2. The molecule has 0 saturated carbocycles. The van der Waals surface area contributed by atoms with Crippen LogP contribution in [0.1, 0.15) is 27.3 Å². The SMILES string of the molecule is Cc1cc(C)nc(Sc2ccc(C=O)cc2C#N)n1. The Kier molecular flexibility index (Phi) is 3.93. The lowest BCUT2D eigenvalue weighted by Crippen LogP contribution is -1.93. The second-order valence-corrected chi connectivity index (χ2v) is 5.03. The van der Waals surface area contributed by atoms with Crippen LogP contribution in [0.4, 0.5) is 0 Å². The molecule has 0 spiro atoms. The van der Waals surface area contributed by atoms with E-state index in [0.717, 1.165) is 22.6 Å². The minimum Gasteiger partial charge on any atom is -0.298 e. The Morgan fingerprint density at radius 1 is 1.21 bits per heavy atom. The maximum atomic E-state index is 10.7. The van der Waals surface area contributed by atoms with E-state index in [0.29, 0.717) is 16.3 Å². The van der Waals surface area contributed by atoms with Crippen molar-refractivity contribution in [3.05, 3.63) is 46.8 Å². The highest BCUT2D eigenvalue weighted by Crippen LogP contribution is 2.28. The van der Waals surface area contributed by atoms with Gasteiger partial charge in [0.15, 0.2) is 5.16 Å². The zero-order valence-electron chi connectivity index (χ0n) is 10.5. The van der Waals surface area contributed by atoms with Crippen LogP contribution in [0.3, 0.4) is 0 Å². The zero-order valence-corrected chi connectivity index (χ0v) is 11.4. The average Bonchev–Trinajstić information content (AvgIpc) is 2.38. The number of carbonyl (C=O) groups is 1. The van der Waals surface area contributed by atoms with Gasteiger partial charge in [-0.25, -0.2) is 9.97 Å². The van der Waals surface area contributed by atoms with Gasteiger partial charge in [0, 0.05) is 21.8 Å². The Labute approximate surface area is 115 Å². The number of nitriles is 1. The Bertz CT molecular complexity index is 657. The largest absolute Gasteiger partial charge is 0.298 e. The third-order valence-corrected chi connectivity index (χ3v) is 3.36. The highest BCUT2D eigenvalue weighted by molar-refractivity contribution is 7.99. The molecular weight excluding hydrogens is 258 g/mol. The molecule has 2 rings (SSSR count). The molecule has 1 aromatic carbocycles. The second-order valence-electron chi connectivity index (χ2n) is 4.02. The fourth-order valence-corrected chi connectivity index (χ4v) is 2.56. The van der Waals surface area contributed by atoms with Crippen LogP contribution in [-0.4, -0.2) is 16.3 Å². The van der Waals surface area contributed by atoms with Crippen molar-refractivity contribution in [2.24, 2.45) is 0 Å². The predicted octanol–water partition coefficient (Wildman–Crippen LogP) is 2.93. The molecule has 0 amide bonds. The van der Waals surface area contributed by atoms with Gasteiger partial charge in [-0.15, -0.1) is 0 Å². The summed E-state index contributed by atoms with van der Waals surface area (Å²) in [7, 11) is 0. The van der Waals surface area contributed by atoms with Crippen molar-refractivity contribution >= 4 is 18.0 Å². The summed E-state index contributed by atoms with van der Waals surface area (Å²) in [4.78, 5) is 20.1. The van der Waals surface area contributed by atoms with E-state index in [-0.39, 0.29) is 0 Å². The van der Waals surface area contributed by atoms with E-state index in [1.54, 1.807) is 18.2 Å². The van der Waals surface area contributed by atoms with Gasteiger partial charge in [-0.3, -0.25) is 4.79 Å². The van der Waals surface area contributed by atoms with E-state index < -0.39 is 0 Å². The fraction of sp³-hybridized carbons (Fsp3) is 0.143. The first-order chi connectivity index (χ1) is 9.12. The molecule has 0 fully saturated rings. The normalized spacial score (nSPS) is 9.95. The number of benzene rings is 1. The van der Waals surface area contributed by atoms with Gasteiger partial charge in [0.1, 0.15) is 12.4 Å². The van der Waals surface area contributed by atoms with Gasteiger partial charge < -0.3 is 0 Å². The monoisotopic (exact) mass is 269 g/mol. The highest BCUT2D eigenvalue weighted by atomic mass is 32.2. The quantitative estimate of drug-likeness (QED) is 0.633. The fourth-order valence-electron chi connectivity index (χ4n) is 1.63. The average molecular weight is 269 g/mol. The first-order valence-corrected chi connectivity index (χ1v) is 6.43. The van der Waals surface area contributed by atoms with E-state index in [1.165, 1.54) is 11.8 Å². The van der Waals surface area contributed by atoms with Gasteiger partial charge in [0.25, 0.3) is 0 Å². The summed E-state index contributed by atoms with van der Waals surface area (Å²) >= 11 is 1.33. The van der Waals surface area contributed by atoms with E-state index >= 15 is 0 Å². The van der Waals surface area contributed by atoms with Crippen molar-refractivity contribution in [1.29, 1.82) is 5.26 Å². The van der Waals surface area contributed by atoms with Gasteiger partial charge in [-0.05, 0) is 43.8 Å². The third kappa shape index (κ3) is 3.18. The lowest BCUT2D eigenvalue weighted by Gasteiger charge is -2.05. The highest BCUT2D eigenvalue weighted by Gasteiger charge is 2.08. The minimum atomic E-state index is 0.456. The summed E-state index contributed by atoms with van der Waals surface area (Å²) < 4.78 is 0. The van der Waals surface area contributed by atoms with Crippen LogP contribution in [-0.2, 0) is 0 Å². The number of aldehydes is 1. The summed E-state index contributed by atoms with van der Waals surface area (Å²) in [5.74, 6) is 0. The number of hydrogen-bond donors (Lipinski definition) is 0. The van der Waals surface area contributed by atoms with Gasteiger partial charge >= 0.3 is 0 Å². The number of hydrogen-bond acceptors (Lipinski definition) is 5. The van der Waals surface area contributed by atoms with Crippen LogP contribution in [0.5, 0.6) is 0 Å². The molecule has 94 valence electrons. The van der Waals surface area contributed by atoms with Crippen molar-refractivity contribution in [2.75, 3.05) is 0 Å². The number of rotatable bonds is 3. The van der Waals surface area contributed by atoms with E-state index in [9.17, 15) is 4.79 Å². The zero-order chi connectivity index (χ0) is 13.8. The van der Waals surface area contributed by atoms with Gasteiger partial charge in [-0.2, -0.15) is 5.26 Å². The molecule has 1 aromatic heterocycles. The lowest BCUT2D eigenvalue weighted by atomic mass is 10.1. The van der Waals surface area contributed by atoms with Crippen LogP contribution >= 0.6 is 11.8 Å². The van der Waals surface area contributed by atoms with Crippen LogP contribution in [0, 0.1) is 25.2 Å². The first kappa shape index (κ1) is 13.2. The molecule has 1 heterocycles. The Hall–Kier alpha value is -2.19. The summed E-state index contributed by atoms with van der Waals surface area (Å²) in [6.45, 7) is 3.80. The summed E-state index contributed by atoms with van der Waals surface area (Å²) in [6.07, 6.45) is 0.725. The first-order valence-electron chi connectivity index (χ1n) is 5.62. The summed E-state index contributed by atoms with van der Waals surface area (Å²) in [5.41, 5.74) is 2.72. The van der Waals surface area contributed by atoms with Gasteiger partial charge in [-0.1, -0.05) is 6.07 Å². The Morgan fingerprint density at radius 2 is 1.89 bits per heavy atom. The number of aryl methyl sites for hydroxylation is 2. The molecule has 0 unspecified atom stereocenters. The molecule has 5 heteroatoms. The number of carbonyl (C=O) groups excluding carboxylic acids is 1. The smallest absolute Gasteiger partial charge is 0.192 e. The van der Waals surface area contributed by atoms with Crippen LogP contribution in [0.2, 0.25) is 0 Å². The maximum Gasteiger partial charge on any atom is 0.192 e.